The lowest BCUT2D eigenvalue weighted by molar-refractivity contribution is 1.20. The summed E-state index contributed by atoms with van der Waals surface area (Å²) < 4.78 is 0. The van der Waals surface area contributed by atoms with Crippen LogP contribution in [-0.4, -0.2) is 0 Å². The number of thiol groups is 1. The maximum Gasteiger partial charge on any atom is -0.0187 e. The molecule has 0 nitrogen and oxygen atoms in total. The number of allylic oxidation sites excluding steroid dienone is 4. The van der Waals surface area contributed by atoms with Gasteiger partial charge in [0.1, 0.15) is 0 Å². The van der Waals surface area contributed by atoms with Gasteiger partial charge in [-0.05, 0) is 18.2 Å². The van der Waals surface area contributed by atoms with Gasteiger partial charge in [0.05, 0.1) is 0 Å². The van der Waals surface area contributed by atoms with Gasteiger partial charge in [0.15, 0.2) is 0 Å². The normalized spacial score (nSPS) is 13.1. The van der Waals surface area contributed by atoms with Gasteiger partial charge in [0.25, 0.3) is 0 Å². The minimum Gasteiger partial charge on any atom is -0.148 e. The molecule has 0 saturated heterocycles. The molecule has 0 spiro atoms. The Balaban J connectivity index is 3.57. The first-order chi connectivity index (χ1) is 3.81. The van der Waals surface area contributed by atoms with Crippen LogP contribution < -0.4 is 0 Å². The topological polar surface area (TPSA) is 0 Å². The Hall–Kier alpha value is -0.170. The zero-order chi connectivity index (χ0) is 6.41. The summed E-state index contributed by atoms with van der Waals surface area (Å²) in [6.07, 6.45) is 7.01. The first-order valence-electron chi connectivity index (χ1n) is 2.82. The predicted molar refractivity (Wildman–Crippen MR) is 42.2 cm³/mol. The minimum absolute atomic E-state index is 1.02. The SMILES string of the molecule is C/C=C/C=C(\S)CC. The first-order valence-corrected chi connectivity index (χ1v) is 3.26. The van der Waals surface area contributed by atoms with Crippen molar-refractivity contribution in [3.8, 4) is 0 Å². The van der Waals surface area contributed by atoms with E-state index in [0.717, 1.165) is 11.3 Å². The summed E-state index contributed by atoms with van der Waals surface area (Å²) >= 11 is 4.17. The van der Waals surface area contributed by atoms with Crippen molar-refractivity contribution >= 4 is 12.6 Å². The second kappa shape index (κ2) is 4.98. The highest BCUT2D eigenvalue weighted by atomic mass is 32.1. The molecular weight excluding hydrogens is 116 g/mol. The molecule has 0 heterocycles. The molecule has 0 aliphatic carbocycles. The van der Waals surface area contributed by atoms with Crippen molar-refractivity contribution in [3.63, 3.8) is 0 Å². The third kappa shape index (κ3) is 4.00. The first kappa shape index (κ1) is 7.83. The van der Waals surface area contributed by atoms with Crippen LogP contribution in [0.3, 0.4) is 0 Å². The fraction of sp³-hybridized carbons (Fsp3) is 0.429. The molecule has 8 heavy (non-hydrogen) atoms. The van der Waals surface area contributed by atoms with E-state index in [-0.39, 0.29) is 0 Å². The smallest absolute Gasteiger partial charge is 0.0187 e. The van der Waals surface area contributed by atoms with Crippen LogP contribution in [0.1, 0.15) is 20.3 Å². The molecule has 0 atom stereocenters. The van der Waals surface area contributed by atoms with Crippen LogP contribution in [0.4, 0.5) is 0 Å². The highest BCUT2D eigenvalue weighted by molar-refractivity contribution is 7.84. The van der Waals surface area contributed by atoms with Crippen molar-refractivity contribution in [2.45, 2.75) is 20.3 Å². The summed E-state index contributed by atoms with van der Waals surface area (Å²) in [5.74, 6) is 0. The monoisotopic (exact) mass is 128 g/mol. The van der Waals surface area contributed by atoms with E-state index >= 15 is 0 Å². The minimum atomic E-state index is 1.02. The molecule has 0 fully saturated rings. The van der Waals surface area contributed by atoms with Crippen LogP contribution in [0.5, 0.6) is 0 Å². The lowest BCUT2D eigenvalue weighted by Gasteiger charge is -1.85. The Morgan fingerprint density at radius 1 is 1.62 bits per heavy atom. The van der Waals surface area contributed by atoms with Crippen molar-refractivity contribution in [2.24, 2.45) is 0 Å². The molecule has 0 unspecified atom stereocenters. The average Bonchev–Trinajstić information content (AvgIpc) is 1.83. The largest absolute Gasteiger partial charge is 0.148 e. The van der Waals surface area contributed by atoms with E-state index in [2.05, 4.69) is 19.6 Å². The Labute approximate surface area is 56.7 Å². The number of hydrogen-bond acceptors (Lipinski definition) is 1. The summed E-state index contributed by atoms with van der Waals surface area (Å²) in [5.41, 5.74) is 0. The molecule has 0 aromatic heterocycles. The Bertz CT molecular complexity index is 101. The highest BCUT2D eigenvalue weighted by Crippen LogP contribution is 2.03. The van der Waals surface area contributed by atoms with Gasteiger partial charge in [0.2, 0.25) is 0 Å². The fourth-order valence-electron chi connectivity index (χ4n) is 0.325. The zero-order valence-corrected chi connectivity index (χ0v) is 6.28. The van der Waals surface area contributed by atoms with Gasteiger partial charge >= 0.3 is 0 Å². The van der Waals surface area contributed by atoms with Gasteiger partial charge in [-0.15, -0.1) is 12.6 Å². The van der Waals surface area contributed by atoms with E-state index in [1.165, 1.54) is 0 Å². The van der Waals surface area contributed by atoms with Crippen LogP contribution in [-0.2, 0) is 0 Å². The Morgan fingerprint density at radius 2 is 2.25 bits per heavy atom. The van der Waals surface area contributed by atoms with Crippen LogP contribution in [0, 0.1) is 0 Å². The second-order valence-electron chi connectivity index (χ2n) is 1.54. The third-order valence-electron chi connectivity index (χ3n) is 0.843. The molecule has 0 aliphatic heterocycles. The summed E-state index contributed by atoms with van der Waals surface area (Å²) in [5, 5.41) is 0. The van der Waals surface area contributed by atoms with Gasteiger partial charge in [-0.25, -0.2) is 0 Å². The van der Waals surface area contributed by atoms with Gasteiger partial charge < -0.3 is 0 Å². The molecule has 46 valence electrons. The third-order valence-corrected chi connectivity index (χ3v) is 1.31. The zero-order valence-electron chi connectivity index (χ0n) is 5.39. The van der Waals surface area contributed by atoms with Gasteiger partial charge in [-0.2, -0.15) is 0 Å². The molecule has 0 radical (unpaired) electrons. The fourth-order valence-corrected chi connectivity index (χ4v) is 0.411. The van der Waals surface area contributed by atoms with Gasteiger partial charge in [-0.3, -0.25) is 0 Å². The van der Waals surface area contributed by atoms with Crippen LogP contribution in [0.15, 0.2) is 23.1 Å². The van der Waals surface area contributed by atoms with E-state index in [9.17, 15) is 0 Å². The highest BCUT2D eigenvalue weighted by Gasteiger charge is 1.76. The standard InChI is InChI=1S/C7H12S/c1-3-5-6-7(8)4-2/h3,5-6,8H,4H2,1-2H3/b5-3+,7-6-. The maximum atomic E-state index is 4.17. The van der Waals surface area contributed by atoms with Gasteiger partial charge in [0, 0.05) is 0 Å². The second-order valence-corrected chi connectivity index (χ2v) is 2.11. The van der Waals surface area contributed by atoms with Crippen molar-refractivity contribution in [1.29, 1.82) is 0 Å². The van der Waals surface area contributed by atoms with E-state index in [1.807, 2.05) is 25.2 Å². The lowest BCUT2D eigenvalue weighted by atomic mass is 10.4. The summed E-state index contributed by atoms with van der Waals surface area (Å²) in [6.45, 7) is 4.08. The number of rotatable bonds is 2. The van der Waals surface area contributed by atoms with E-state index < -0.39 is 0 Å². The molecule has 0 bridgehead atoms. The Morgan fingerprint density at radius 3 is 2.62 bits per heavy atom. The summed E-state index contributed by atoms with van der Waals surface area (Å²) in [6, 6.07) is 0. The van der Waals surface area contributed by atoms with E-state index in [1.54, 1.807) is 0 Å². The molecule has 0 amide bonds. The maximum absolute atomic E-state index is 4.17. The van der Waals surface area contributed by atoms with Crippen molar-refractivity contribution in [3.05, 3.63) is 23.1 Å². The van der Waals surface area contributed by atoms with Crippen LogP contribution in [0.2, 0.25) is 0 Å². The molecule has 0 rings (SSSR count). The predicted octanol–water partition coefficient (Wildman–Crippen LogP) is 2.79. The molecule has 0 aromatic carbocycles. The van der Waals surface area contributed by atoms with Crippen molar-refractivity contribution in [1.82, 2.24) is 0 Å². The average molecular weight is 128 g/mol. The molecule has 0 aromatic rings. The quantitative estimate of drug-likeness (QED) is 0.429. The summed E-state index contributed by atoms with van der Waals surface area (Å²) in [7, 11) is 0. The van der Waals surface area contributed by atoms with Crippen LogP contribution in [0.25, 0.3) is 0 Å². The molecular formula is C7H12S. The molecule has 1 heteroatoms. The summed E-state index contributed by atoms with van der Waals surface area (Å²) in [4.78, 5) is 1.13. The van der Waals surface area contributed by atoms with Gasteiger partial charge in [-0.1, -0.05) is 25.2 Å². The van der Waals surface area contributed by atoms with Crippen LogP contribution >= 0.6 is 12.6 Å². The van der Waals surface area contributed by atoms with E-state index in [4.69, 9.17) is 0 Å². The molecule has 0 saturated carbocycles. The lowest BCUT2D eigenvalue weighted by Crippen LogP contribution is -1.61. The molecule has 0 N–H and O–H groups in total. The van der Waals surface area contributed by atoms with Crippen molar-refractivity contribution < 1.29 is 0 Å². The van der Waals surface area contributed by atoms with Crippen molar-refractivity contribution in [2.75, 3.05) is 0 Å². The Kier molecular flexibility index (Phi) is 4.87. The molecule has 0 aliphatic rings. The van der Waals surface area contributed by atoms with E-state index in [0.29, 0.717) is 0 Å². The number of hydrogen-bond donors (Lipinski definition) is 1.